The highest BCUT2D eigenvalue weighted by molar-refractivity contribution is 7.90. The van der Waals surface area contributed by atoms with Gasteiger partial charge in [0.1, 0.15) is 0 Å². The summed E-state index contributed by atoms with van der Waals surface area (Å²) in [6.45, 7) is 2.16. The molecule has 1 aromatic carbocycles. The maximum Gasteiger partial charge on any atom is 0.336 e. The summed E-state index contributed by atoms with van der Waals surface area (Å²) in [4.78, 5) is 11.2. The van der Waals surface area contributed by atoms with Crippen molar-refractivity contribution in [1.82, 2.24) is 0 Å². The van der Waals surface area contributed by atoms with E-state index >= 15 is 0 Å². The molecule has 4 nitrogen and oxygen atoms in total. The van der Waals surface area contributed by atoms with Gasteiger partial charge in [0.25, 0.3) is 0 Å². The van der Waals surface area contributed by atoms with Gasteiger partial charge in [0.2, 0.25) is 0 Å². The Kier molecular flexibility index (Phi) is 8.63. The first-order valence-corrected chi connectivity index (χ1v) is 10.3. The van der Waals surface area contributed by atoms with Crippen molar-refractivity contribution in [2.75, 3.05) is 5.75 Å². The molecule has 0 saturated heterocycles. The van der Waals surface area contributed by atoms with E-state index in [0.717, 1.165) is 19.3 Å². The number of hydrogen-bond acceptors (Lipinski definition) is 3. The maximum absolute atomic E-state index is 12.2. The van der Waals surface area contributed by atoms with E-state index < -0.39 is 15.8 Å². The van der Waals surface area contributed by atoms with Gasteiger partial charge in [0.15, 0.2) is 9.84 Å². The van der Waals surface area contributed by atoms with Crippen LogP contribution in [0.4, 0.5) is 0 Å². The third-order valence-corrected chi connectivity index (χ3v) is 5.63. The SMILES string of the molecule is CCCCCCCCCS(=O)(=O)Cc1ccc(Cl)cc1C(=O)O. The van der Waals surface area contributed by atoms with Crippen LogP contribution in [-0.2, 0) is 15.6 Å². The van der Waals surface area contributed by atoms with Gasteiger partial charge in [-0.1, -0.05) is 63.1 Å². The van der Waals surface area contributed by atoms with Crippen molar-refractivity contribution >= 4 is 27.4 Å². The van der Waals surface area contributed by atoms with Crippen LogP contribution in [0.25, 0.3) is 0 Å². The van der Waals surface area contributed by atoms with Crippen molar-refractivity contribution in [2.45, 2.75) is 57.6 Å². The number of benzene rings is 1. The highest BCUT2D eigenvalue weighted by Crippen LogP contribution is 2.19. The Bertz CT molecular complexity index is 611. The van der Waals surface area contributed by atoms with Gasteiger partial charge in [-0.2, -0.15) is 0 Å². The summed E-state index contributed by atoms with van der Waals surface area (Å²) in [6.07, 6.45) is 7.36. The average molecular weight is 361 g/mol. The van der Waals surface area contributed by atoms with Gasteiger partial charge < -0.3 is 5.11 Å². The zero-order valence-corrected chi connectivity index (χ0v) is 15.1. The second kappa shape index (κ2) is 9.93. The molecular formula is C17H25ClO4S. The van der Waals surface area contributed by atoms with Gasteiger partial charge in [-0.05, 0) is 24.1 Å². The lowest BCUT2D eigenvalue weighted by molar-refractivity contribution is 0.0696. The van der Waals surface area contributed by atoms with Crippen molar-refractivity contribution in [3.05, 3.63) is 34.3 Å². The third kappa shape index (κ3) is 7.84. The number of halogens is 1. The molecule has 1 N–H and O–H groups in total. The summed E-state index contributed by atoms with van der Waals surface area (Å²) in [6, 6.07) is 4.29. The average Bonchev–Trinajstić information content (AvgIpc) is 2.47. The largest absolute Gasteiger partial charge is 0.478 e. The Balaban J connectivity index is 2.51. The first-order chi connectivity index (χ1) is 10.9. The molecule has 0 amide bonds. The number of rotatable bonds is 11. The Labute approximate surface area is 143 Å². The summed E-state index contributed by atoms with van der Waals surface area (Å²) in [5, 5.41) is 9.44. The monoisotopic (exact) mass is 360 g/mol. The molecular weight excluding hydrogens is 336 g/mol. The Morgan fingerprint density at radius 1 is 1.09 bits per heavy atom. The van der Waals surface area contributed by atoms with Gasteiger partial charge in [0.05, 0.1) is 17.1 Å². The van der Waals surface area contributed by atoms with Crippen molar-refractivity contribution in [2.24, 2.45) is 0 Å². The van der Waals surface area contributed by atoms with Gasteiger partial charge in [0, 0.05) is 5.02 Å². The van der Waals surface area contributed by atoms with E-state index in [9.17, 15) is 13.2 Å². The standard InChI is InChI=1S/C17H25ClO4S/c1-2-3-4-5-6-7-8-11-23(21,22)13-14-9-10-15(18)12-16(14)17(19)20/h9-10,12H,2-8,11,13H2,1H3,(H,19,20). The van der Waals surface area contributed by atoms with E-state index in [0.29, 0.717) is 12.0 Å². The molecule has 0 aliphatic carbocycles. The molecule has 0 saturated carbocycles. The van der Waals surface area contributed by atoms with E-state index in [1.807, 2.05) is 0 Å². The first kappa shape index (κ1) is 20.0. The number of sulfone groups is 1. The van der Waals surface area contributed by atoms with Crippen LogP contribution in [0.2, 0.25) is 5.02 Å². The number of aromatic carboxylic acids is 1. The molecule has 0 aromatic heterocycles. The molecule has 0 radical (unpaired) electrons. The molecule has 6 heteroatoms. The van der Waals surface area contributed by atoms with Crippen LogP contribution in [0.1, 0.15) is 67.8 Å². The van der Waals surface area contributed by atoms with Crippen LogP contribution in [0.5, 0.6) is 0 Å². The van der Waals surface area contributed by atoms with E-state index in [-0.39, 0.29) is 22.1 Å². The van der Waals surface area contributed by atoms with Crippen LogP contribution in [-0.4, -0.2) is 25.2 Å². The van der Waals surface area contributed by atoms with E-state index in [1.54, 1.807) is 0 Å². The summed E-state index contributed by atoms with van der Waals surface area (Å²) < 4.78 is 24.3. The highest BCUT2D eigenvalue weighted by Gasteiger charge is 2.17. The Morgan fingerprint density at radius 2 is 1.70 bits per heavy atom. The maximum atomic E-state index is 12.2. The van der Waals surface area contributed by atoms with Gasteiger partial charge in [-0.15, -0.1) is 0 Å². The zero-order chi connectivity index (χ0) is 17.3. The van der Waals surface area contributed by atoms with Crippen molar-refractivity contribution in [3.8, 4) is 0 Å². The minimum atomic E-state index is -3.31. The molecule has 0 fully saturated rings. The second-order valence-corrected chi connectivity index (χ2v) is 8.44. The summed E-state index contributed by atoms with van der Waals surface area (Å²) in [5.74, 6) is -1.31. The van der Waals surface area contributed by atoms with E-state index in [2.05, 4.69) is 6.92 Å². The smallest absolute Gasteiger partial charge is 0.336 e. The van der Waals surface area contributed by atoms with Gasteiger partial charge >= 0.3 is 5.97 Å². The topological polar surface area (TPSA) is 71.4 Å². The van der Waals surface area contributed by atoms with Crippen LogP contribution in [0, 0.1) is 0 Å². The normalized spacial score (nSPS) is 11.6. The number of hydrogen-bond donors (Lipinski definition) is 1. The van der Waals surface area contributed by atoms with Crippen molar-refractivity contribution in [3.63, 3.8) is 0 Å². The lowest BCUT2D eigenvalue weighted by atomic mass is 10.1. The number of carbonyl (C=O) groups is 1. The molecule has 23 heavy (non-hydrogen) atoms. The fourth-order valence-corrected chi connectivity index (χ4v) is 4.15. The first-order valence-electron chi connectivity index (χ1n) is 8.08. The predicted octanol–water partition coefficient (Wildman–Crippen LogP) is 4.70. The Morgan fingerprint density at radius 3 is 2.30 bits per heavy atom. The second-order valence-electron chi connectivity index (χ2n) is 5.82. The lowest BCUT2D eigenvalue weighted by Crippen LogP contribution is -2.12. The minimum Gasteiger partial charge on any atom is -0.478 e. The van der Waals surface area contributed by atoms with Crippen LogP contribution >= 0.6 is 11.6 Å². The van der Waals surface area contributed by atoms with Crippen LogP contribution in [0.15, 0.2) is 18.2 Å². The van der Waals surface area contributed by atoms with Crippen LogP contribution in [0.3, 0.4) is 0 Å². The fraction of sp³-hybridized carbons (Fsp3) is 0.588. The molecule has 1 aromatic rings. The third-order valence-electron chi connectivity index (χ3n) is 3.74. The van der Waals surface area contributed by atoms with Gasteiger partial charge in [-0.25, -0.2) is 13.2 Å². The van der Waals surface area contributed by atoms with Crippen molar-refractivity contribution in [1.29, 1.82) is 0 Å². The van der Waals surface area contributed by atoms with Crippen molar-refractivity contribution < 1.29 is 18.3 Å². The molecule has 0 spiro atoms. The lowest BCUT2D eigenvalue weighted by Gasteiger charge is -2.08. The number of unbranched alkanes of at least 4 members (excludes halogenated alkanes) is 6. The highest BCUT2D eigenvalue weighted by atomic mass is 35.5. The number of carboxylic acids is 1. The van der Waals surface area contributed by atoms with E-state index in [1.165, 1.54) is 37.5 Å². The van der Waals surface area contributed by atoms with Gasteiger partial charge in [-0.3, -0.25) is 0 Å². The fourth-order valence-electron chi connectivity index (χ4n) is 2.46. The molecule has 130 valence electrons. The Hall–Kier alpha value is -1.07. The molecule has 0 bridgehead atoms. The minimum absolute atomic E-state index is 0.0411. The molecule has 1 rings (SSSR count). The molecule has 0 aliphatic heterocycles. The molecule has 0 atom stereocenters. The summed E-state index contributed by atoms with van der Waals surface area (Å²) >= 11 is 5.77. The molecule has 0 heterocycles. The zero-order valence-electron chi connectivity index (χ0n) is 13.6. The van der Waals surface area contributed by atoms with Crippen LogP contribution < -0.4 is 0 Å². The molecule has 0 unspecified atom stereocenters. The summed E-state index contributed by atoms with van der Waals surface area (Å²) in [7, 11) is -3.31. The molecule has 0 aliphatic rings. The quantitative estimate of drug-likeness (QED) is 0.580. The predicted molar refractivity (Wildman–Crippen MR) is 93.9 cm³/mol. The number of carboxylic acid groups (broad SMARTS) is 1. The summed E-state index contributed by atoms with van der Waals surface area (Å²) in [5.41, 5.74) is 0.255. The van der Waals surface area contributed by atoms with E-state index in [4.69, 9.17) is 16.7 Å².